The van der Waals surface area contributed by atoms with Crippen LogP contribution < -0.4 is 5.43 Å². The highest BCUT2D eigenvalue weighted by atomic mass is 32.2. The number of rotatable bonds is 11. The molecular weight excluding hydrogens is 382 g/mol. The number of carbonyl (C=O) groups excluding carboxylic acids is 2. The van der Waals surface area contributed by atoms with Crippen molar-refractivity contribution in [3.63, 3.8) is 0 Å². The number of aryl methyl sites for hydroxylation is 1. The van der Waals surface area contributed by atoms with Gasteiger partial charge in [0, 0.05) is 43.6 Å². The average Bonchev–Trinajstić information content (AvgIpc) is 2.95. The molecule has 2 rings (SSSR count). The van der Waals surface area contributed by atoms with Crippen molar-refractivity contribution >= 4 is 32.6 Å². The van der Waals surface area contributed by atoms with E-state index in [0.29, 0.717) is 13.1 Å². The van der Waals surface area contributed by atoms with Gasteiger partial charge in [-0.05, 0) is 31.5 Å². The van der Waals surface area contributed by atoms with E-state index in [1.54, 1.807) is 0 Å². The van der Waals surface area contributed by atoms with Crippen LogP contribution in [0.2, 0.25) is 0 Å². The fourth-order valence-electron chi connectivity index (χ4n) is 3.17. The Morgan fingerprint density at radius 3 is 2.57 bits per heavy atom. The average molecular weight is 410 g/mol. The second-order valence-corrected chi connectivity index (χ2v) is 8.47. The summed E-state index contributed by atoms with van der Waals surface area (Å²) in [7, 11) is -0.571. The van der Waals surface area contributed by atoms with Crippen LogP contribution in [-0.2, 0) is 32.8 Å². The van der Waals surface area contributed by atoms with Crippen LogP contribution in [0.15, 0.2) is 30.3 Å². The molecule has 0 saturated heterocycles. The lowest BCUT2D eigenvalue weighted by atomic mass is 9.99. The summed E-state index contributed by atoms with van der Waals surface area (Å²) in [4.78, 5) is 24.0. The first kappa shape index (κ1) is 22.2. The molecule has 0 saturated carbocycles. The fraction of sp³-hybridized carbons (Fsp3) is 0.474. The van der Waals surface area contributed by atoms with Crippen molar-refractivity contribution in [3.05, 3.63) is 36.0 Å². The summed E-state index contributed by atoms with van der Waals surface area (Å²) in [5, 5.41) is 2.99. The predicted molar refractivity (Wildman–Crippen MR) is 107 cm³/mol. The number of nitrogens with one attached hydrogen (secondary N) is 1. The predicted octanol–water partition coefficient (Wildman–Crippen LogP) is 1.65. The Morgan fingerprint density at radius 2 is 1.96 bits per heavy atom. The molecule has 0 fully saturated rings. The number of hydrogen-bond acceptors (Lipinski definition) is 6. The van der Waals surface area contributed by atoms with Crippen molar-refractivity contribution < 1.29 is 22.6 Å². The first-order valence-corrected chi connectivity index (χ1v) is 10.6. The van der Waals surface area contributed by atoms with E-state index in [1.807, 2.05) is 43.4 Å². The van der Waals surface area contributed by atoms with Crippen LogP contribution in [0.5, 0.6) is 0 Å². The molecule has 1 heterocycles. The largest absolute Gasteiger partial charge is 0.343 e. The molecule has 1 atom stereocenters. The molecule has 0 radical (unpaired) electrons. The summed E-state index contributed by atoms with van der Waals surface area (Å²) in [6, 6.07) is 9.96. The highest BCUT2D eigenvalue weighted by molar-refractivity contribution is 7.85. The van der Waals surface area contributed by atoms with E-state index in [2.05, 4.69) is 16.1 Å². The van der Waals surface area contributed by atoms with Gasteiger partial charge >= 0.3 is 0 Å². The Morgan fingerprint density at radius 1 is 1.29 bits per heavy atom. The summed E-state index contributed by atoms with van der Waals surface area (Å²) >= 11 is 0. The van der Waals surface area contributed by atoms with Crippen LogP contribution >= 0.6 is 0 Å². The molecule has 0 bridgehead atoms. The number of Topliss-reactive ketones (excluding diaryl/α,β-unsaturated/α-hetero) is 2. The third-order valence-corrected chi connectivity index (χ3v) is 5.58. The van der Waals surface area contributed by atoms with Crippen molar-refractivity contribution in [2.75, 3.05) is 19.8 Å². The number of hydrogen-bond donors (Lipinski definition) is 2. The summed E-state index contributed by atoms with van der Waals surface area (Å²) in [6.07, 6.45) is -0.0235. The fourth-order valence-corrected chi connectivity index (χ4v) is 4.03. The Kier molecular flexibility index (Phi) is 7.48. The molecular formula is C19H27N3O5S. The van der Waals surface area contributed by atoms with Gasteiger partial charge in [0.25, 0.3) is 10.1 Å². The SMILES string of the molecule is CNN(C)Cc1cc2ccccc2n1CCC(=O)CC(CS(=O)(=O)O)C(C)=O. The van der Waals surface area contributed by atoms with Crippen LogP contribution in [0, 0.1) is 5.92 Å². The summed E-state index contributed by atoms with van der Waals surface area (Å²) in [5.41, 5.74) is 5.09. The summed E-state index contributed by atoms with van der Waals surface area (Å²) < 4.78 is 33.2. The molecule has 154 valence electrons. The van der Waals surface area contributed by atoms with E-state index >= 15 is 0 Å². The van der Waals surface area contributed by atoms with Gasteiger partial charge in [0.05, 0.1) is 12.3 Å². The minimum Gasteiger partial charge on any atom is -0.343 e. The third-order valence-electron chi connectivity index (χ3n) is 4.75. The lowest BCUT2D eigenvalue weighted by molar-refractivity contribution is -0.126. The minimum atomic E-state index is -4.31. The minimum absolute atomic E-state index is 0.171. The van der Waals surface area contributed by atoms with E-state index < -0.39 is 27.6 Å². The number of hydrazine groups is 1. The second-order valence-electron chi connectivity index (χ2n) is 6.97. The van der Waals surface area contributed by atoms with E-state index in [9.17, 15) is 18.0 Å². The number of nitrogens with zero attached hydrogens (tertiary/aromatic N) is 2. The van der Waals surface area contributed by atoms with Crippen LogP contribution in [0.4, 0.5) is 0 Å². The molecule has 9 heteroatoms. The number of benzene rings is 1. The highest BCUT2D eigenvalue weighted by Crippen LogP contribution is 2.21. The molecule has 1 aromatic carbocycles. The molecule has 28 heavy (non-hydrogen) atoms. The maximum atomic E-state index is 12.4. The zero-order valence-corrected chi connectivity index (χ0v) is 17.2. The van der Waals surface area contributed by atoms with Crippen molar-refractivity contribution in [2.45, 2.75) is 32.9 Å². The first-order valence-electron chi connectivity index (χ1n) is 9.03. The zero-order chi connectivity index (χ0) is 20.9. The van der Waals surface area contributed by atoms with Gasteiger partial charge < -0.3 is 4.57 Å². The standard InChI is InChI=1S/C19H27N3O5S/c1-14(23)16(13-28(25,26)27)11-18(24)8-9-22-17(12-21(3)20-2)10-15-6-4-5-7-19(15)22/h4-7,10,16,20H,8-9,11-13H2,1-3H3,(H,25,26,27). The molecule has 0 amide bonds. The van der Waals surface area contributed by atoms with Gasteiger partial charge in [-0.1, -0.05) is 18.2 Å². The van der Waals surface area contributed by atoms with Gasteiger partial charge in [-0.2, -0.15) is 8.42 Å². The van der Waals surface area contributed by atoms with Crippen molar-refractivity contribution in [2.24, 2.45) is 5.92 Å². The Labute approximate surface area is 165 Å². The molecule has 0 aliphatic heterocycles. The quantitative estimate of drug-likeness (QED) is 0.429. The molecule has 8 nitrogen and oxygen atoms in total. The third kappa shape index (κ3) is 6.23. The maximum Gasteiger partial charge on any atom is 0.265 e. The molecule has 2 N–H and O–H groups in total. The van der Waals surface area contributed by atoms with Crippen LogP contribution in [0.25, 0.3) is 10.9 Å². The van der Waals surface area contributed by atoms with E-state index in [1.165, 1.54) is 6.92 Å². The van der Waals surface area contributed by atoms with Crippen LogP contribution in [0.3, 0.4) is 0 Å². The van der Waals surface area contributed by atoms with Crippen LogP contribution in [-0.4, -0.2) is 54.0 Å². The molecule has 0 aliphatic carbocycles. The van der Waals surface area contributed by atoms with Gasteiger partial charge in [-0.25, -0.2) is 5.01 Å². The van der Waals surface area contributed by atoms with Gasteiger partial charge in [0.1, 0.15) is 11.6 Å². The topological polar surface area (TPSA) is 109 Å². The Balaban J connectivity index is 2.14. The summed E-state index contributed by atoms with van der Waals surface area (Å²) in [5.74, 6) is -2.37. The molecule has 0 spiro atoms. The van der Waals surface area contributed by atoms with Crippen molar-refractivity contribution in [3.8, 4) is 0 Å². The van der Waals surface area contributed by atoms with Gasteiger partial charge in [-0.15, -0.1) is 0 Å². The zero-order valence-electron chi connectivity index (χ0n) is 16.4. The number of para-hydroxylation sites is 1. The lowest BCUT2D eigenvalue weighted by Gasteiger charge is -2.17. The van der Waals surface area contributed by atoms with E-state index in [4.69, 9.17) is 4.55 Å². The molecule has 0 aliphatic rings. The Hall–Kier alpha value is -2.07. The van der Waals surface area contributed by atoms with E-state index in [-0.39, 0.29) is 18.6 Å². The van der Waals surface area contributed by atoms with Crippen molar-refractivity contribution in [1.82, 2.24) is 15.0 Å². The second kappa shape index (κ2) is 9.42. The highest BCUT2D eigenvalue weighted by Gasteiger charge is 2.24. The van der Waals surface area contributed by atoms with Crippen molar-refractivity contribution in [1.29, 1.82) is 0 Å². The molecule has 1 unspecified atom stereocenters. The Bertz CT molecular complexity index is 952. The number of ketones is 2. The molecule has 2 aromatic rings. The smallest absolute Gasteiger partial charge is 0.265 e. The van der Waals surface area contributed by atoms with Gasteiger partial charge in [-0.3, -0.25) is 19.6 Å². The maximum absolute atomic E-state index is 12.4. The number of carbonyl (C=O) groups is 2. The normalized spacial score (nSPS) is 13.2. The number of fused-ring (bicyclic) bond motifs is 1. The van der Waals surface area contributed by atoms with Gasteiger partial charge in [0.15, 0.2) is 0 Å². The van der Waals surface area contributed by atoms with E-state index in [0.717, 1.165) is 16.6 Å². The van der Waals surface area contributed by atoms with Gasteiger partial charge in [0.2, 0.25) is 0 Å². The van der Waals surface area contributed by atoms with Crippen LogP contribution in [0.1, 0.15) is 25.5 Å². The summed E-state index contributed by atoms with van der Waals surface area (Å²) in [6.45, 7) is 2.29. The number of aromatic nitrogens is 1. The molecule has 1 aromatic heterocycles. The first-order chi connectivity index (χ1) is 13.1. The monoisotopic (exact) mass is 409 g/mol. The lowest BCUT2D eigenvalue weighted by Crippen LogP contribution is -2.31.